The average molecular weight is 912 g/mol. The van der Waals surface area contributed by atoms with Crippen molar-refractivity contribution in [1.82, 2.24) is 30.4 Å². The number of carbonyl (C=O) groups excluding carboxylic acids is 4. The number of hydrogen-bond acceptors (Lipinski definition) is 9. The van der Waals surface area contributed by atoms with Gasteiger partial charge >= 0.3 is 12.2 Å². The maximum Gasteiger partial charge on any atom is 0.407 e. The van der Waals surface area contributed by atoms with Crippen LogP contribution in [0.3, 0.4) is 0 Å². The number of fused-ring (bicyclic) bond motifs is 4. The Bertz CT molecular complexity index is 2770. The molecule has 16 heteroatoms. The first kappa shape index (κ1) is 43.9. The number of imidazole rings is 1. The minimum absolute atomic E-state index is 0.0703. The molecule has 3 fully saturated rings. The van der Waals surface area contributed by atoms with Crippen LogP contribution in [0.1, 0.15) is 78.7 Å². The summed E-state index contributed by atoms with van der Waals surface area (Å²) in [6, 6.07) is 22.7. The molecule has 5 aliphatic rings. The number of H-pyrrole nitrogens is 1. The molecule has 67 heavy (non-hydrogen) atoms. The van der Waals surface area contributed by atoms with Crippen LogP contribution in [0.5, 0.6) is 0 Å². The van der Waals surface area contributed by atoms with Gasteiger partial charge in [0.25, 0.3) is 11.8 Å². The first-order chi connectivity index (χ1) is 32.5. The second kappa shape index (κ2) is 18.0. The summed E-state index contributed by atoms with van der Waals surface area (Å²) in [5, 5.41) is 5.48. The molecule has 0 bridgehead atoms. The number of aromatic nitrogens is 2. The minimum Gasteiger partial charge on any atom is -0.453 e. The number of alkyl halides is 2. The van der Waals surface area contributed by atoms with E-state index in [0.717, 1.165) is 41.8 Å². The maximum absolute atomic E-state index is 16.7. The summed E-state index contributed by atoms with van der Waals surface area (Å²) in [5.41, 5.74) is 6.48. The van der Waals surface area contributed by atoms with Gasteiger partial charge in [-0.05, 0) is 102 Å². The Labute approximate surface area is 386 Å². The van der Waals surface area contributed by atoms with Gasteiger partial charge in [0.2, 0.25) is 5.91 Å². The van der Waals surface area contributed by atoms with Crippen molar-refractivity contribution < 1.29 is 42.2 Å². The monoisotopic (exact) mass is 911 g/mol. The maximum atomic E-state index is 16.7. The van der Waals surface area contributed by atoms with Gasteiger partial charge in [-0.3, -0.25) is 14.6 Å². The van der Waals surface area contributed by atoms with Gasteiger partial charge in [-0.15, -0.1) is 0 Å². The van der Waals surface area contributed by atoms with E-state index in [1.807, 2.05) is 35.2 Å². The largest absolute Gasteiger partial charge is 0.453 e. The first-order valence-corrected chi connectivity index (χ1v) is 22.9. The predicted molar refractivity (Wildman–Crippen MR) is 245 cm³/mol. The number of carbonyl (C=O) groups is 4. The molecule has 5 aromatic rings. The summed E-state index contributed by atoms with van der Waals surface area (Å²) in [7, 11) is 2.53. The quantitative estimate of drug-likeness (QED) is 0.126. The number of aromatic amines is 1. The van der Waals surface area contributed by atoms with E-state index < -0.39 is 36.2 Å². The lowest BCUT2D eigenvalue weighted by Crippen LogP contribution is -2.55. The lowest BCUT2D eigenvalue weighted by molar-refractivity contribution is -0.135. The molecule has 0 saturated carbocycles. The predicted octanol–water partition coefficient (Wildman–Crippen LogP) is 8.40. The number of benzene rings is 4. The molecule has 3 saturated heterocycles. The zero-order chi connectivity index (χ0) is 46.4. The number of halogens is 2. The number of alkyl carbamates (subject to hydrolysis) is 2. The normalized spacial score (nSPS) is 20.3. The number of nitrogens with one attached hydrogen (secondary N) is 3. The number of amides is 4. The number of aliphatic imine (C=N–C) groups is 1. The second-order valence-corrected chi connectivity index (χ2v) is 17.8. The fourth-order valence-corrected chi connectivity index (χ4v) is 10.6. The van der Waals surface area contributed by atoms with Crippen molar-refractivity contribution in [3.63, 3.8) is 0 Å². The number of rotatable bonds is 10. The highest BCUT2D eigenvalue weighted by atomic mass is 19.3. The van der Waals surface area contributed by atoms with Gasteiger partial charge < -0.3 is 39.6 Å². The van der Waals surface area contributed by atoms with Crippen molar-refractivity contribution in [2.45, 2.75) is 75.0 Å². The van der Waals surface area contributed by atoms with Crippen LogP contribution in [0.4, 0.5) is 24.1 Å². The summed E-state index contributed by atoms with van der Waals surface area (Å²) < 4.78 is 48.6. The van der Waals surface area contributed by atoms with E-state index >= 15 is 8.78 Å². The Morgan fingerprint density at radius 3 is 2.10 bits per heavy atom. The van der Waals surface area contributed by atoms with Crippen molar-refractivity contribution in [2.24, 2.45) is 10.9 Å². The van der Waals surface area contributed by atoms with Crippen molar-refractivity contribution >= 4 is 35.4 Å². The van der Waals surface area contributed by atoms with E-state index in [1.54, 1.807) is 59.6 Å². The van der Waals surface area contributed by atoms with Gasteiger partial charge in [-0.2, -0.15) is 8.78 Å². The van der Waals surface area contributed by atoms with Gasteiger partial charge in [0, 0.05) is 55.1 Å². The zero-order valence-corrected chi connectivity index (χ0v) is 37.2. The van der Waals surface area contributed by atoms with Gasteiger partial charge in [0.15, 0.2) is 0 Å². The van der Waals surface area contributed by atoms with Crippen molar-refractivity contribution in [2.75, 3.05) is 40.5 Å². The summed E-state index contributed by atoms with van der Waals surface area (Å²) >= 11 is 0. The molecule has 4 atom stereocenters. The van der Waals surface area contributed by atoms with E-state index in [1.165, 1.54) is 20.3 Å². The van der Waals surface area contributed by atoms with Crippen LogP contribution in [0, 0.1) is 5.92 Å². The number of hydrogen-bond donors (Lipinski definition) is 3. The molecule has 5 heterocycles. The molecule has 14 nitrogen and oxygen atoms in total. The number of methoxy groups -OCH3 is 2. The van der Waals surface area contributed by atoms with Crippen LogP contribution in [0.25, 0.3) is 33.5 Å². The van der Waals surface area contributed by atoms with Crippen LogP contribution in [0.15, 0.2) is 96.1 Å². The van der Waals surface area contributed by atoms with E-state index in [-0.39, 0.29) is 34.9 Å². The van der Waals surface area contributed by atoms with Gasteiger partial charge in [0.1, 0.15) is 17.9 Å². The molecule has 4 amide bonds. The Balaban J connectivity index is 0.845. The lowest BCUT2D eigenvalue weighted by atomic mass is 9.90. The highest BCUT2D eigenvalue weighted by molar-refractivity contribution is 6.01. The van der Waals surface area contributed by atoms with Crippen molar-refractivity contribution in [1.29, 1.82) is 0 Å². The van der Waals surface area contributed by atoms with Gasteiger partial charge in [-0.25, -0.2) is 14.6 Å². The number of ether oxygens (including phenoxy) is 3. The number of likely N-dealkylation sites (tertiary alicyclic amines) is 2. The summed E-state index contributed by atoms with van der Waals surface area (Å²) in [6.07, 6.45) is 4.98. The second-order valence-electron chi connectivity index (χ2n) is 17.8. The topological polar surface area (TPSA) is 168 Å². The fraction of sp³-hybridized carbons (Fsp3) is 0.373. The number of nitrogens with zero attached hydrogens (tertiary/aromatic N) is 4. The Morgan fingerprint density at radius 2 is 1.39 bits per heavy atom. The van der Waals surface area contributed by atoms with Gasteiger partial charge in [0.05, 0.1) is 43.9 Å². The van der Waals surface area contributed by atoms with E-state index in [9.17, 15) is 19.2 Å². The SMILES string of the molecule is COC(=O)N[C@H](C(=O)N1CCC[C@H]1C1=Nc2ccc(-c3ccc4c(c3)C(F)(F)c3cc(-c5cnc([C@@H]6CCCN6C(=O)[C@H](NC(=O)OC)c6ccccc6)[nH]5)ccc3-4)cc2C1)C1CCOCC1. The van der Waals surface area contributed by atoms with Crippen LogP contribution in [-0.4, -0.2) is 102 Å². The molecule has 0 radical (unpaired) electrons. The highest BCUT2D eigenvalue weighted by Gasteiger charge is 2.46. The van der Waals surface area contributed by atoms with Crippen LogP contribution < -0.4 is 10.6 Å². The Hall–Kier alpha value is -6.94. The van der Waals surface area contributed by atoms with Crippen LogP contribution >= 0.6 is 0 Å². The molecular weight excluding hydrogens is 861 g/mol. The molecule has 1 aromatic heterocycles. The molecule has 1 aliphatic carbocycles. The third kappa shape index (κ3) is 8.21. The van der Waals surface area contributed by atoms with E-state index in [2.05, 4.69) is 20.6 Å². The van der Waals surface area contributed by atoms with E-state index in [0.29, 0.717) is 91.3 Å². The zero-order valence-electron chi connectivity index (χ0n) is 37.2. The van der Waals surface area contributed by atoms with Crippen molar-refractivity contribution in [3.8, 4) is 33.5 Å². The summed E-state index contributed by atoms with van der Waals surface area (Å²) in [6.45, 7) is 2.06. The molecule has 0 unspecified atom stereocenters. The highest BCUT2D eigenvalue weighted by Crippen LogP contribution is 2.53. The van der Waals surface area contributed by atoms with Crippen molar-refractivity contribution in [3.05, 3.63) is 119 Å². The van der Waals surface area contributed by atoms with Crippen LogP contribution in [0.2, 0.25) is 0 Å². The van der Waals surface area contributed by atoms with E-state index in [4.69, 9.17) is 19.2 Å². The standard InChI is InChI=1S/C51H51F2N7O7/c1-65-49(63)57-44(29-8-4-3-5-9-29)48(62)60-21-7-11-43(60)46-54-28-41(56-46)33-13-16-36-35-15-12-32(25-37(35)51(52,53)38(36)26-33)31-14-17-39-34(24-31)27-40(55-39)42-10-6-20-59(42)47(61)45(58-50(64)66-2)30-18-22-67-23-19-30/h3-5,8-9,12-17,24-26,28,30,42-45H,6-7,10-11,18-23,27H2,1-2H3,(H,54,56)(H,57,63)(H,58,64)/t42-,43-,44+,45-/m0/s1. The average Bonchev–Trinajstić information content (AvgIpc) is 4.23. The first-order valence-electron chi connectivity index (χ1n) is 22.9. The molecular formula is C51H51F2N7O7. The molecule has 10 rings (SSSR count). The Kier molecular flexibility index (Phi) is 11.8. The molecule has 346 valence electrons. The molecule has 4 aliphatic heterocycles. The summed E-state index contributed by atoms with van der Waals surface area (Å²) in [4.78, 5) is 69.3. The smallest absolute Gasteiger partial charge is 0.407 e. The third-order valence-electron chi connectivity index (χ3n) is 14.0. The molecule has 4 aromatic carbocycles. The molecule has 0 spiro atoms. The third-order valence-corrected chi connectivity index (χ3v) is 14.0. The summed E-state index contributed by atoms with van der Waals surface area (Å²) in [5.74, 6) is -3.28. The lowest BCUT2D eigenvalue weighted by Gasteiger charge is -2.34. The fourth-order valence-electron chi connectivity index (χ4n) is 10.6. The van der Waals surface area contributed by atoms with Gasteiger partial charge in [-0.1, -0.05) is 60.7 Å². The molecule has 3 N–H and O–H groups in total. The Morgan fingerprint density at radius 1 is 0.761 bits per heavy atom. The minimum atomic E-state index is -3.29. The van der Waals surface area contributed by atoms with Crippen LogP contribution in [-0.2, 0) is 36.1 Å².